The second kappa shape index (κ2) is 6.33. The summed E-state index contributed by atoms with van der Waals surface area (Å²) in [5.74, 6) is 0.501. The molecule has 138 valence electrons. The molecule has 3 heterocycles. The molecule has 3 fully saturated rings. The molecule has 3 aliphatic rings. The Morgan fingerprint density at radius 3 is 2.46 bits per heavy atom. The number of halogens is 3. The van der Waals surface area contributed by atoms with Crippen LogP contribution in [0.2, 0.25) is 0 Å². The monoisotopic (exact) mass is 388 g/mol. The summed E-state index contributed by atoms with van der Waals surface area (Å²) in [5, 5.41) is 0. The van der Waals surface area contributed by atoms with Gasteiger partial charge in [0.2, 0.25) is 5.91 Å². The van der Waals surface area contributed by atoms with Crippen LogP contribution >= 0.6 is 11.8 Å². The Balaban J connectivity index is 1.46. The zero-order chi connectivity index (χ0) is 17.6. The molecule has 1 amide bonds. The second-order valence-corrected chi connectivity index (χ2v) is 9.86. The van der Waals surface area contributed by atoms with Gasteiger partial charge in [-0.05, 0) is 19.3 Å². The lowest BCUT2D eigenvalue weighted by molar-refractivity contribution is -0.136. The fourth-order valence-electron chi connectivity index (χ4n) is 3.29. The van der Waals surface area contributed by atoms with Crippen molar-refractivity contribution in [2.75, 3.05) is 38.5 Å². The van der Waals surface area contributed by atoms with Crippen molar-refractivity contribution >= 4 is 27.7 Å². The molecule has 0 aromatic rings. The summed E-state index contributed by atoms with van der Waals surface area (Å²) in [6.45, 7) is 1.16. The molecule has 0 bridgehead atoms. The minimum atomic E-state index is -5.25. The van der Waals surface area contributed by atoms with E-state index in [-0.39, 0.29) is 31.7 Å². The third-order valence-corrected chi connectivity index (χ3v) is 7.74. The van der Waals surface area contributed by atoms with Gasteiger partial charge < -0.3 is 9.64 Å². The van der Waals surface area contributed by atoms with E-state index < -0.39 is 20.3 Å². The standard InChI is InChI=1S/C13H19F3N2O4S2/c14-13(15,16)24(20,21)18-8-12(9-18)5-10(7-23-12)22-6-11(19)17-3-1-2-4-17/h10H,1-9H2/t10-/m0/s1. The summed E-state index contributed by atoms with van der Waals surface area (Å²) in [6.07, 6.45) is 2.24. The van der Waals surface area contributed by atoms with Crippen LogP contribution in [-0.4, -0.2) is 78.4 Å². The van der Waals surface area contributed by atoms with Gasteiger partial charge in [0, 0.05) is 36.7 Å². The topological polar surface area (TPSA) is 66.9 Å². The van der Waals surface area contributed by atoms with Crippen molar-refractivity contribution in [3.63, 3.8) is 0 Å². The number of thioether (sulfide) groups is 1. The number of likely N-dealkylation sites (tertiary alicyclic amines) is 1. The first-order valence-electron chi connectivity index (χ1n) is 7.73. The highest BCUT2D eigenvalue weighted by atomic mass is 32.2. The Hall–Kier alpha value is -0.520. The van der Waals surface area contributed by atoms with Crippen LogP contribution < -0.4 is 0 Å². The minimum absolute atomic E-state index is 0.0220. The molecule has 0 radical (unpaired) electrons. The van der Waals surface area contributed by atoms with Crippen LogP contribution in [0.5, 0.6) is 0 Å². The van der Waals surface area contributed by atoms with Crippen LogP contribution in [0, 0.1) is 0 Å². The highest BCUT2D eigenvalue weighted by Gasteiger charge is 2.60. The highest BCUT2D eigenvalue weighted by Crippen LogP contribution is 2.48. The van der Waals surface area contributed by atoms with Crippen LogP contribution in [0.25, 0.3) is 0 Å². The molecule has 0 unspecified atom stereocenters. The molecule has 6 nitrogen and oxygen atoms in total. The molecule has 0 aromatic heterocycles. The molecule has 0 aliphatic carbocycles. The molecule has 1 spiro atoms. The van der Waals surface area contributed by atoms with E-state index in [4.69, 9.17) is 4.74 Å². The fraction of sp³-hybridized carbons (Fsp3) is 0.923. The fourth-order valence-corrected chi connectivity index (χ4v) is 6.13. The summed E-state index contributed by atoms with van der Waals surface area (Å²) in [7, 11) is -5.24. The third-order valence-electron chi connectivity index (χ3n) is 4.64. The Labute approximate surface area is 142 Å². The summed E-state index contributed by atoms with van der Waals surface area (Å²) in [4.78, 5) is 13.7. The molecular weight excluding hydrogens is 369 g/mol. The number of ether oxygens (including phenoxy) is 1. The molecule has 11 heteroatoms. The lowest BCUT2D eigenvalue weighted by atomic mass is 9.95. The van der Waals surface area contributed by atoms with Crippen molar-refractivity contribution in [1.82, 2.24) is 9.21 Å². The number of amides is 1. The Morgan fingerprint density at radius 2 is 1.88 bits per heavy atom. The normalized spacial score (nSPS) is 27.6. The molecule has 0 saturated carbocycles. The predicted molar refractivity (Wildman–Crippen MR) is 81.9 cm³/mol. The van der Waals surface area contributed by atoms with Crippen molar-refractivity contribution in [1.29, 1.82) is 0 Å². The Kier molecular flexibility index (Phi) is 4.82. The van der Waals surface area contributed by atoms with Gasteiger partial charge in [-0.3, -0.25) is 4.79 Å². The summed E-state index contributed by atoms with van der Waals surface area (Å²) in [5.41, 5.74) is -5.25. The van der Waals surface area contributed by atoms with Gasteiger partial charge in [0.1, 0.15) is 6.61 Å². The van der Waals surface area contributed by atoms with Gasteiger partial charge in [-0.15, -0.1) is 11.8 Å². The number of alkyl halides is 3. The molecule has 3 aliphatic heterocycles. The maximum absolute atomic E-state index is 12.5. The van der Waals surface area contributed by atoms with E-state index in [0.29, 0.717) is 16.5 Å². The Bertz CT molecular complexity index is 599. The minimum Gasteiger partial charge on any atom is -0.367 e. The third kappa shape index (κ3) is 3.40. The Morgan fingerprint density at radius 1 is 1.25 bits per heavy atom. The average molecular weight is 388 g/mol. The van der Waals surface area contributed by atoms with Gasteiger partial charge in [-0.2, -0.15) is 17.5 Å². The SMILES string of the molecule is O=C(CO[C@@H]1CSC2(C1)CN(S(=O)(=O)C(F)(F)F)C2)N1CCCC1. The first kappa shape index (κ1) is 18.3. The molecule has 3 rings (SSSR count). The molecule has 3 saturated heterocycles. The van der Waals surface area contributed by atoms with Crippen molar-refractivity contribution in [3.8, 4) is 0 Å². The van der Waals surface area contributed by atoms with E-state index in [1.807, 2.05) is 0 Å². The lowest BCUT2D eigenvalue weighted by Crippen LogP contribution is -2.62. The van der Waals surface area contributed by atoms with Crippen LogP contribution in [0.4, 0.5) is 13.2 Å². The number of hydrogen-bond acceptors (Lipinski definition) is 5. The average Bonchev–Trinajstić information content (AvgIpc) is 3.11. The smallest absolute Gasteiger partial charge is 0.367 e. The number of rotatable bonds is 4. The number of carbonyl (C=O) groups is 1. The van der Waals surface area contributed by atoms with Crippen molar-refractivity contribution < 1.29 is 31.1 Å². The zero-order valence-corrected chi connectivity index (χ0v) is 14.6. The summed E-state index contributed by atoms with van der Waals surface area (Å²) >= 11 is 1.43. The van der Waals surface area contributed by atoms with Crippen molar-refractivity contribution in [2.45, 2.75) is 35.6 Å². The van der Waals surface area contributed by atoms with E-state index in [1.165, 1.54) is 11.8 Å². The first-order chi connectivity index (χ1) is 11.1. The van der Waals surface area contributed by atoms with Gasteiger partial charge in [0.05, 0.1) is 6.10 Å². The second-order valence-electron chi connectivity index (χ2n) is 6.44. The quantitative estimate of drug-likeness (QED) is 0.720. The van der Waals surface area contributed by atoms with Crippen LogP contribution in [0.15, 0.2) is 0 Å². The molecule has 24 heavy (non-hydrogen) atoms. The van der Waals surface area contributed by atoms with Crippen LogP contribution in [-0.2, 0) is 19.6 Å². The van der Waals surface area contributed by atoms with Crippen LogP contribution in [0.1, 0.15) is 19.3 Å². The number of carbonyl (C=O) groups excluding carboxylic acids is 1. The number of sulfonamides is 1. The van der Waals surface area contributed by atoms with E-state index >= 15 is 0 Å². The maximum Gasteiger partial charge on any atom is 0.511 e. The zero-order valence-electron chi connectivity index (χ0n) is 12.9. The van der Waals surface area contributed by atoms with Gasteiger partial charge in [-0.25, -0.2) is 8.42 Å². The van der Waals surface area contributed by atoms with Gasteiger partial charge in [-0.1, -0.05) is 0 Å². The maximum atomic E-state index is 12.5. The number of nitrogens with zero attached hydrogens (tertiary/aromatic N) is 2. The van der Waals surface area contributed by atoms with E-state index in [9.17, 15) is 26.4 Å². The number of hydrogen-bond donors (Lipinski definition) is 0. The van der Waals surface area contributed by atoms with Crippen LogP contribution in [0.3, 0.4) is 0 Å². The summed E-state index contributed by atoms with van der Waals surface area (Å²) < 4.78 is 65.7. The first-order valence-corrected chi connectivity index (χ1v) is 10.2. The summed E-state index contributed by atoms with van der Waals surface area (Å²) in [6, 6.07) is 0. The molecule has 0 N–H and O–H groups in total. The van der Waals surface area contributed by atoms with E-state index in [1.54, 1.807) is 4.90 Å². The van der Waals surface area contributed by atoms with Crippen molar-refractivity contribution in [3.05, 3.63) is 0 Å². The molecule has 0 aromatic carbocycles. The van der Waals surface area contributed by atoms with Gasteiger partial charge >= 0.3 is 15.5 Å². The highest BCUT2D eigenvalue weighted by molar-refractivity contribution is 8.01. The van der Waals surface area contributed by atoms with Gasteiger partial charge in [0.25, 0.3) is 0 Å². The molecule has 1 atom stereocenters. The van der Waals surface area contributed by atoms with Crippen molar-refractivity contribution in [2.24, 2.45) is 0 Å². The lowest BCUT2D eigenvalue weighted by Gasteiger charge is -2.46. The van der Waals surface area contributed by atoms with E-state index in [2.05, 4.69) is 0 Å². The predicted octanol–water partition coefficient (Wildman–Crippen LogP) is 1.03. The molecular formula is C13H19F3N2O4S2. The van der Waals surface area contributed by atoms with E-state index in [0.717, 1.165) is 25.9 Å². The van der Waals surface area contributed by atoms with Gasteiger partial charge in [0.15, 0.2) is 0 Å². The largest absolute Gasteiger partial charge is 0.511 e.